The highest BCUT2D eigenvalue weighted by atomic mass is 16.5. The third-order valence-electron chi connectivity index (χ3n) is 4.13. The summed E-state index contributed by atoms with van der Waals surface area (Å²) >= 11 is 0. The first kappa shape index (κ1) is 20.0. The van der Waals surface area contributed by atoms with Gasteiger partial charge in [0.1, 0.15) is 0 Å². The summed E-state index contributed by atoms with van der Waals surface area (Å²) < 4.78 is 4.51. The Morgan fingerprint density at radius 1 is 1.19 bits per heavy atom. The van der Waals surface area contributed by atoms with E-state index in [4.69, 9.17) is 11.1 Å². The van der Waals surface area contributed by atoms with Crippen LogP contribution < -0.4 is 16.4 Å². The van der Waals surface area contributed by atoms with Gasteiger partial charge in [0.05, 0.1) is 13.5 Å². The smallest absolute Gasteiger partial charge is 0.321 e. The van der Waals surface area contributed by atoms with Crippen molar-refractivity contribution < 1.29 is 19.1 Å². The maximum absolute atomic E-state index is 12.4. The van der Waals surface area contributed by atoms with E-state index < -0.39 is 5.97 Å². The van der Waals surface area contributed by atoms with Crippen LogP contribution in [0.3, 0.4) is 0 Å². The van der Waals surface area contributed by atoms with Gasteiger partial charge in [-0.25, -0.2) is 4.79 Å². The van der Waals surface area contributed by atoms with E-state index in [1.807, 2.05) is 0 Å². The lowest BCUT2D eigenvalue weighted by Gasteiger charge is -2.34. The molecule has 10 heteroatoms. The predicted molar refractivity (Wildman–Crippen MR) is 99.5 cm³/mol. The van der Waals surface area contributed by atoms with Gasteiger partial charge in [0.25, 0.3) is 5.91 Å². The summed E-state index contributed by atoms with van der Waals surface area (Å²) in [6.07, 6.45) is 0.0882. The molecule has 0 bridgehead atoms. The number of methoxy groups -OCH3 is 1. The molecule has 1 aromatic rings. The van der Waals surface area contributed by atoms with Crippen molar-refractivity contribution >= 4 is 29.6 Å². The minimum Gasteiger partial charge on any atom is -0.469 e. The molecule has 0 saturated carbocycles. The summed E-state index contributed by atoms with van der Waals surface area (Å²) in [5, 5.41) is 12.8. The molecule has 1 saturated heterocycles. The van der Waals surface area contributed by atoms with Crippen molar-refractivity contribution in [1.29, 1.82) is 5.41 Å². The van der Waals surface area contributed by atoms with Crippen LogP contribution in [0.25, 0.3) is 0 Å². The number of amides is 3. The van der Waals surface area contributed by atoms with E-state index in [0.717, 1.165) is 0 Å². The van der Waals surface area contributed by atoms with Gasteiger partial charge in [-0.1, -0.05) is 6.07 Å². The van der Waals surface area contributed by atoms with Gasteiger partial charge in [-0.15, -0.1) is 0 Å². The van der Waals surface area contributed by atoms with E-state index >= 15 is 0 Å². The number of hydrogen-bond acceptors (Lipinski definition) is 5. The molecule has 1 fully saturated rings. The fourth-order valence-corrected chi connectivity index (χ4v) is 2.57. The first-order chi connectivity index (χ1) is 12.9. The number of hydrogen-bond donors (Lipinski definition) is 4. The van der Waals surface area contributed by atoms with Crippen LogP contribution in [0.5, 0.6) is 0 Å². The molecule has 0 radical (unpaired) electrons. The zero-order valence-corrected chi connectivity index (χ0v) is 15.2. The number of nitrogens with zero attached hydrogens (tertiary/aromatic N) is 2. The lowest BCUT2D eigenvalue weighted by Crippen LogP contribution is -2.53. The molecule has 2 rings (SSSR count). The van der Waals surface area contributed by atoms with Crippen LogP contribution in [-0.2, 0) is 9.53 Å². The third-order valence-corrected chi connectivity index (χ3v) is 4.13. The Hall–Kier alpha value is -3.30. The van der Waals surface area contributed by atoms with Gasteiger partial charge in [-0.3, -0.25) is 15.0 Å². The summed E-state index contributed by atoms with van der Waals surface area (Å²) in [4.78, 5) is 38.9. The maximum Gasteiger partial charge on any atom is 0.321 e. The molecular formula is C17H24N6O4. The number of nitrogens with one attached hydrogen (secondary N) is 3. The summed E-state index contributed by atoms with van der Waals surface area (Å²) in [6.45, 7) is 2.09. The summed E-state index contributed by atoms with van der Waals surface area (Å²) in [5.41, 5.74) is 6.31. The lowest BCUT2D eigenvalue weighted by molar-refractivity contribution is -0.140. The highest BCUT2D eigenvalue weighted by molar-refractivity contribution is 5.97. The predicted octanol–water partition coefficient (Wildman–Crippen LogP) is 0.0225. The zero-order valence-electron chi connectivity index (χ0n) is 15.2. The number of carbonyl (C=O) groups is 3. The average molecular weight is 376 g/mol. The minimum atomic E-state index is -0.402. The van der Waals surface area contributed by atoms with E-state index in [0.29, 0.717) is 37.4 Å². The number of benzene rings is 1. The second-order valence-corrected chi connectivity index (χ2v) is 5.95. The average Bonchev–Trinajstić information content (AvgIpc) is 2.67. The van der Waals surface area contributed by atoms with Crippen molar-refractivity contribution in [2.75, 3.05) is 45.2 Å². The van der Waals surface area contributed by atoms with Crippen LogP contribution >= 0.6 is 0 Å². The van der Waals surface area contributed by atoms with Crippen molar-refractivity contribution in [3.8, 4) is 0 Å². The van der Waals surface area contributed by atoms with Gasteiger partial charge >= 0.3 is 12.0 Å². The number of guanidine groups is 1. The monoisotopic (exact) mass is 376 g/mol. The lowest BCUT2D eigenvalue weighted by atomic mass is 10.2. The van der Waals surface area contributed by atoms with Crippen LogP contribution in [0, 0.1) is 5.41 Å². The Morgan fingerprint density at radius 3 is 2.48 bits per heavy atom. The first-order valence-electron chi connectivity index (χ1n) is 8.50. The summed E-state index contributed by atoms with van der Waals surface area (Å²) in [6, 6.07) is 6.26. The Balaban J connectivity index is 1.87. The molecule has 0 aliphatic carbocycles. The number of esters is 1. The van der Waals surface area contributed by atoms with E-state index in [-0.39, 0.29) is 30.9 Å². The molecule has 1 aromatic carbocycles. The fourth-order valence-electron chi connectivity index (χ4n) is 2.57. The SMILES string of the molecule is COC(=O)CCNC(=O)c1cccc(NC(=O)N2CCN(C(=N)N)CC2)c1. The second-order valence-electron chi connectivity index (χ2n) is 5.95. The normalized spacial score (nSPS) is 13.7. The Morgan fingerprint density at radius 2 is 1.85 bits per heavy atom. The highest BCUT2D eigenvalue weighted by Crippen LogP contribution is 2.12. The molecule has 10 nitrogen and oxygen atoms in total. The highest BCUT2D eigenvalue weighted by Gasteiger charge is 2.21. The molecule has 146 valence electrons. The van der Waals surface area contributed by atoms with Crippen LogP contribution in [0.4, 0.5) is 10.5 Å². The number of carbonyl (C=O) groups excluding carboxylic acids is 3. The molecule has 27 heavy (non-hydrogen) atoms. The topological polar surface area (TPSA) is 141 Å². The standard InChI is InChI=1S/C17H24N6O4/c1-27-14(24)5-6-20-15(25)12-3-2-4-13(11-12)21-17(26)23-9-7-22(8-10-23)16(18)19/h2-4,11H,5-10H2,1H3,(H3,18,19)(H,20,25)(H,21,26). The molecule has 0 spiro atoms. The van der Waals surface area contributed by atoms with Gasteiger partial charge in [0.15, 0.2) is 5.96 Å². The van der Waals surface area contributed by atoms with Crippen molar-refractivity contribution in [1.82, 2.24) is 15.1 Å². The molecule has 3 amide bonds. The van der Waals surface area contributed by atoms with E-state index in [2.05, 4.69) is 15.4 Å². The third kappa shape index (κ3) is 5.87. The number of nitrogens with two attached hydrogens (primary N) is 1. The van der Waals surface area contributed by atoms with Crippen LogP contribution in [0.15, 0.2) is 24.3 Å². The number of piperazine rings is 1. The summed E-state index contributed by atoms with van der Waals surface area (Å²) in [7, 11) is 1.29. The van der Waals surface area contributed by atoms with Crippen molar-refractivity contribution in [3.05, 3.63) is 29.8 Å². The molecule has 1 aliphatic rings. The number of rotatable bonds is 5. The molecule has 5 N–H and O–H groups in total. The minimum absolute atomic E-state index is 0.000899. The Labute approximate surface area is 157 Å². The van der Waals surface area contributed by atoms with Gasteiger partial charge in [0.2, 0.25) is 0 Å². The van der Waals surface area contributed by atoms with Crippen molar-refractivity contribution in [2.24, 2.45) is 5.73 Å². The molecular weight excluding hydrogens is 352 g/mol. The molecule has 1 heterocycles. The molecule has 0 unspecified atom stereocenters. The van der Waals surface area contributed by atoms with E-state index in [1.54, 1.807) is 34.1 Å². The molecule has 0 atom stereocenters. The maximum atomic E-state index is 12.4. The Kier molecular flexibility index (Phi) is 6.98. The van der Waals surface area contributed by atoms with Crippen LogP contribution in [0.2, 0.25) is 0 Å². The number of urea groups is 1. The fraction of sp³-hybridized carbons (Fsp3) is 0.412. The second kappa shape index (κ2) is 9.41. The van der Waals surface area contributed by atoms with E-state index in [9.17, 15) is 14.4 Å². The largest absolute Gasteiger partial charge is 0.469 e. The first-order valence-corrected chi connectivity index (χ1v) is 8.50. The Bertz CT molecular complexity index is 715. The van der Waals surface area contributed by atoms with Crippen LogP contribution in [0.1, 0.15) is 16.8 Å². The van der Waals surface area contributed by atoms with E-state index in [1.165, 1.54) is 7.11 Å². The van der Waals surface area contributed by atoms with Crippen LogP contribution in [-0.4, -0.2) is 73.5 Å². The number of ether oxygens (including phenoxy) is 1. The zero-order chi connectivity index (χ0) is 19.8. The van der Waals surface area contributed by atoms with Gasteiger partial charge in [-0.2, -0.15) is 0 Å². The van der Waals surface area contributed by atoms with Crippen molar-refractivity contribution in [2.45, 2.75) is 6.42 Å². The number of anilines is 1. The van der Waals surface area contributed by atoms with Crippen molar-refractivity contribution in [3.63, 3.8) is 0 Å². The molecule has 1 aliphatic heterocycles. The van der Waals surface area contributed by atoms with Gasteiger partial charge in [-0.05, 0) is 18.2 Å². The molecule has 0 aromatic heterocycles. The van der Waals surface area contributed by atoms with Gasteiger partial charge < -0.3 is 30.9 Å². The quantitative estimate of drug-likeness (QED) is 0.324. The summed E-state index contributed by atoms with van der Waals surface area (Å²) in [5.74, 6) is -0.743. The van der Waals surface area contributed by atoms with Gasteiger partial charge in [0, 0.05) is 44.0 Å².